The van der Waals surface area contributed by atoms with Crippen LogP contribution in [0.15, 0.2) is 23.2 Å². The van der Waals surface area contributed by atoms with Crippen LogP contribution >= 0.6 is 0 Å². The Labute approximate surface area is 141 Å². The molecule has 0 radical (unpaired) electrons. The number of carbonyl (C=O) groups excluding carboxylic acids is 1. The number of pyridine rings is 1. The largest absolute Gasteiger partial charge is 0.461 e. The van der Waals surface area contributed by atoms with Crippen molar-refractivity contribution in [2.75, 3.05) is 11.3 Å². The summed E-state index contributed by atoms with van der Waals surface area (Å²) < 4.78 is 34.6. The van der Waals surface area contributed by atoms with Crippen LogP contribution in [0, 0.1) is 20.8 Å². The minimum Gasteiger partial charge on any atom is -0.461 e. The standard InChI is InChI=1S/C16H21N3O4S/c1-6-23-16(20)14-11(3)15(12(4)19(14)5)24(21,22)18-13-9-10(2)7-8-17-13/h7-9H,6H2,1-5H3,(H,17,18). The first-order valence-corrected chi connectivity index (χ1v) is 8.95. The Morgan fingerprint density at radius 3 is 2.58 bits per heavy atom. The highest BCUT2D eigenvalue weighted by atomic mass is 32.2. The predicted molar refractivity (Wildman–Crippen MR) is 90.6 cm³/mol. The van der Waals surface area contributed by atoms with Crippen LogP contribution in [0.1, 0.15) is 34.2 Å². The van der Waals surface area contributed by atoms with Gasteiger partial charge >= 0.3 is 5.97 Å². The highest BCUT2D eigenvalue weighted by Crippen LogP contribution is 2.28. The predicted octanol–water partition coefficient (Wildman–Crippen LogP) is 2.32. The Balaban J connectivity index is 2.51. The first-order valence-electron chi connectivity index (χ1n) is 7.47. The van der Waals surface area contributed by atoms with E-state index in [4.69, 9.17) is 4.74 Å². The van der Waals surface area contributed by atoms with E-state index >= 15 is 0 Å². The molecule has 2 rings (SSSR count). The zero-order valence-corrected chi connectivity index (χ0v) is 15.2. The van der Waals surface area contributed by atoms with Crippen LogP contribution in [0.5, 0.6) is 0 Å². The molecule has 0 saturated carbocycles. The average molecular weight is 351 g/mol. The summed E-state index contributed by atoms with van der Waals surface area (Å²) in [5.74, 6) is -0.314. The highest BCUT2D eigenvalue weighted by molar-refractivity contribution is 7.92. The van der Waals surface area contributed by atoms with Gasteiger partial charge in [-0.3, -0.25) is 4.72 Å². The van der Waals surface area contributed by atoms with Gasteiger partial charge in [0.25, 0.3) is 10.0 Å². The number of anilines is 1. The summed E-state index contributed by atoms with van der Waals surface area (Å²) in [6.07, 6.45) is 1.53. The normalized spacial score (nSPS) is 11.4. The summed E-state index contributed by atoms with van der Waals surface area (Å²) in [4.78, 5) is 16.2. The van der Waals surface area contributed by atoms with Crippen molar-refractivity contribution < 1.29 is 17.9 Å². The van der Waals surface area contributed by atoms with Crippen molar-refractivity contribution in [3.05, 3.63) is 40.8 Å². The lowest BCUT2D eigenvalue weighted by Gasteiger charge is -2.09. The molecule has 7 nitrogen and oxygen atoms in total. The number of sulfonamides is 1. The molecular weight excluding hydrogens is 330 g/mol. The van der Waals surface area contributed by atoms with Crippen LogP contribution in [-0.4, -0.2) is 30.5 Å². The van der Waals surface area contributed by atoms with Crippen LogP contribution in [0.4, 0.5) is 5.82 Å². The van der Waals surface area contributed by atoms with E-state index in [9.17, 15) is 13.2 Å². The second-order valence-corrected chi connectivity index (χ2v) is 7.11. The van der Waals surface area contributed by atoms with Gasteiger partial charge in [-0.05, 0) is 45.4 Å². The van der Waals surface area contributed by atoms with Gasteiger partial charge in [0.05, 0.1) is 6.61 Å². The topological polar surface area (TPSA) is 90.3 Å². The van der Waals surface area contributed by atoms with E-state index in [1.807, 2.05) is 6.92 Å². The molecule has 0 spiro atoms. The molecule has 0 saturated heterocycles. The van der Waals surface area contributed by atoms with Crippen molar-refractivity contribution >= 4 is 21.8 Å². The van der Waals surface area contributed by atoms with Crippen LogP contribution in [0.25, 0.3) is 0 Å². The summed E-state index contributed by atoms with van der Waals surface area (Å²) in [6.45, 7) is 7.00. The number of aromatic nitrogens is 2. The smallest absolute Gasteiger partial charge is 0.355 e. The fraction of sp³-hybridized carbons (Fsp3) is 0.375. The maximum atomic E-state index is 12.8. The Morgan fingerprint density at radius 2 is 2.00 bits per heavy atom. The first kappa shape index (κ1) is 18.0. The van der Waals surface area contributed by atoms with Crippen molar-refractivity contribution in [3.8, 4) is 0 Å². The zero-order chi connectivity index (χ0) is 18.1. The van der Waals surface area contributed by atoms with E-state index in [-0.39, 0.29) is 23.0 Å². The number of nitrogens with one attached hydrogen (secondary N) is 1. The van der Waals surface area contributed by atoms with Crippen LogP contribution in [0.3, 0.4) is 0 Å². The zero-order valence-electron chi connectivity index (χ0n) is 14.4. The van der Waals surface area contributed by atoms with Gasteiger partial charge in [-0.25, -0.2) is 18.2 Å². The van der Waals surface area contributed by atoms with Crippen LogP contribution < -0.4 is 4.72 Å². The van der Waals surface area contributed by atoms with Crippen LogP contribution in [0.2, 0.25) is 0 Å². The van der Waals surface area contributed by atoms with E-state index < -0.39 is 16.0 Å². The molecule has 130 valence electrons. The Kier molecular flexibility index (Phi) is 4.98. The van der Waals surface area contributed by atoms with E-state index in [1.165, 1.54) is 10.8 Å². The minimum atomic E-state index is -3.88. The molecule has 8 heteroatoms. The third-order valence-electron chi connectivity index (χ3n) is 3.75. The summed E-state index contributed by atoms with van der Waals surface area (Å²) >= 11 is 0. The number of carbonyl (C=O) groups is 1. The quantitative estimate of drug-likeness (QED) is 0.835. The number of esters is 1. The van der Waals surface area contributed by atoms with Crippen LogP contribution in [-0.2, 0) is 21.8 Å². The van der Waals surface area contributed by atoms with Gasteiger partial charge in [0, 0.05) is 24.5 Å². The number of rotatable bonds is 5. The third-order valence-corrected chi connectivity index (χ3v) is 5.37. The fourth-order valence-electron chi connectivity index (χ4n) is 2.62. The first-order chi connectivity index (χ1) is 11.2. The summed E-state index contributed by atoms with van der Waals surface area (Å²) in [7, 11) is -2.25. The molecule has 0 aliphatic rings. The molecule has 0 unspecified atom stereocenters. The number of ether oxygens (including phenoxy) is 1. The molecule has 2 aromatic heterocycles. The SMILES string of the molecule is CCOC(=O)c1c(C)c(S(=O)(=O)Nc2cc(C)ccn2)c(C)n1C. The monoisotopic (exact) mass is 351 g/mol. The second kappa shape index (κ2) is 6.64. The maximum Gasteiger partial charge on any atom is 0.355 e. The van der Waals surface area contributed by atoms with Gasteiger partial charge in [-0.15, -0.1) is 0 Å². The number of aryl methyl sites for hydroxylation is 1. The Hall–Kier alpha value is -2.35. The van der Waals surface area contributed by atoms with Gasteiger partial charge < -0.3 is 9.30 Å². The van der Waals surface area contributed by atoms with Crippen molar-refractivity contribution in [1.82, 2.24) is 9.55 Å². The number of nitrogens with zero attached hydrogens (tertiary/aromatic N) is 2. The van der Waals surface area contributed by atoms with Crippen molar-refractivity contribution in [3.63, 3.8) is 0 Å². The average Bonchev–Trinajstić information content (AvgIpc) is 2.69. The second-order valence-electron chi connectivity index (χ2n) is 5.49. The maximum absolute atomic E-state index is 12.8. The molecule has 24 heavy (non-hydrogen) atoms. The molecule has 0 bridgehead atoms. The molecule has 2 heterocycles. The van der Waals surface area contributed by atoms with Crippen molar-refractivity contribution in [2.45, 2.75) is 32.6 Å². The Morgan fingerprint density at radius 1 is 1.33 bits per heavy atom. The summed E-state index contributed by atoms with van der Waals surface area (Å²) in [5.41, 5.74) is 1.92. The molecule has 0 aliphatic carbocycles. The summed E-state index contributed by atoms with van der Waals surface area (Å²) in [6, 6.07) is 3.41. The van der Waals surface area contributed by atoms with Gasteiger partial charge in [-0.2, -0.15) is 0 Å². The molecule has 0 atom stereocenters. The fourth-order valence-corrected chi connectivity index (χ4v) is 4.13. The van der Waals surface area contributed by atoms with E-state index in [0.29, 0.717) is 11.3 Å². The van der Waals surface area contributed by atoms with E-state index in [0.717, 1.165) is 5.56 Å². The lowest BCUT2D eigenvalue weighted by molar-refractivity contribution is 0.0514. The lowest BCUT2D eigenvalue weighted by atomic mass is 10.2. The minimum absolute atomic E-state index is 0.0661. The molecule has 0 fully saturated rings. The number of hydrogen-bond donors (Lipinski definition) is 1. The Bertz CT molecular complexity index is 885. The van der Waals surface area contributed by atoms with Crippen molar-refractivity contribution in [1.29, 1.82) is 0 Å². The lowest BCUT2D eigenvalue weighted by Crippen LogP contribution is -2.16. The van der Waals surface area contributed by atoms with E-state index in [1.54, 1.807) is 40.0 Å². The highest BCUT2D eigenvalue weighted by Gasteiger charge is 2.29. The van der Waals surface area contributed by atoms with Gasteiger partial charge in [-0.1, -0.05) is 0 Å². The molecular formula is C16H21N3O4S. The van der Waals surface area contributed by atoms with Crippen molar-refractivity contribution in [2.24, 2.45) is 7.05 Å². The summed E-state index contributed by atoms with van der Waals surface area (Å²) in [5, 5.41) is 0. The van der Waals surface area contributed by atoms with Gasteiger partial charge in [0.15, 0.2) is 0 Å². The van der Waals surface area contributed by atoms with Gasteiger partial charge in [0.1, 0.15) is 16.4 Å². The van der Waals surface area contributed by atoms with E-state index in [2.05, 4.69) is 9.71 Å². The molecule has 0 aliphatic heterocycles. The molecule has 0 amide bonds. The van der Waals surface area contributed by atoms with Gasteiger partial charge in [0.2, 0.25) is 0 Å². The third kappa shape index (κ3) is 3.28. The molecule has 2 aromatic rings. The molecule has 0 aromatic carbocycles. The number of hydrogen-bond acceptors (Lipinski definition) is 5. The molecule has 1 N–H and O–H groups in total.